The van der Waals surface area contributed by atoms with Crippen LogP contribution in [0.15, 0.2) is 42.5 Å². The molecule has 164 valence electrons. The van der Waals surface area contributed by atoms with E-state index in [-0.39, 0.29) is 23.5 Å². The minimum atomic E-state index is -3.51. The number of nitrogens with one attached hydrogen (secondary N) is 3. The largest absolute Gasteiger partial charge is 0.371 e. The summed E-state index contributed by atoms with van der Waals surface area (Å²) in [5, 5.41) is 8.79. The van der Waals surface area contributed by atoms with Gasteiger partial charge >= 0.3 is 0 Å². The Kier molecular flexibility index (Phi) is 6.00. The molecule has 1 heterocycles. The van der Waals surface area contributed by atoms with E-state index in [0.717, 1.165) is 31.2 Å². The van der Waals surface area contributed by atoms with Crippen LogP contribution in [-0.2, 0) is 20.4 Å². The van der Waals surface area contributed by atoms with Gasteiger partial charge in [0.2, 0.25) is 5.91 Å². The third kappa shape index (κ3) is 5.25. The summed E-state index contributed by atoms with van der Waals surface area (Å²) in [7, 11) is -3.51. The van der Waals surface area contributed by atoms with E-state index < -0.39 is 21.8 Å². The molecule has 2 aromatic rings. The highest BCUT2D eigenvalue weighted by molar-refractivity contribution is 7.90. The standard InChI is InChI=1S/C23H27N3O4S/c1-15-6-8-16(9-7-15)13-31(29,30)14-21-23(28)26-20-12-17(10-11-19(20)25-21)22(27)24-18-4-2-3-5-18/h6-12,18,21,25H,2-5,13-14H2,1H3,(H,24,27)(H,26,28). The second-order valence-electron chi connectivity index (χ2n) is 8.44. The predicted octanol–water partition coefficient (Wildman–Crippen LogP) is 3.02. The highest BCUT2D eigenvalue weighted by atomic mass is 32.2. The normalized spacial score (nSPS) is 18.7. The first-order valence-corrected chi connectivity index (χ1v) is 12.4. The zero-order chi connectivity index (χ0) is 22.0. The lowest BCUT2D eigenvalue weighted by atomic mass is 10.1. The Morgan fingerprint density at radius 3 is 2.48 bits per heavy atom. The van der Waals surface area contributed by atoms with Gasteiger partial charge in [0.05, 0.1) is 22.9 Å². The van der Waals surface area contributed by atoms with Crippen molar-refractivity contribution in [2.75, 3.05) is 16.4 Å². The number of sulfone groups is 1. The lowest BCUT2D eigenvalue weighted by Crippen LogP contribution is -2.43. The molecule has 0 saturated heterocycles. The van der Waals surface area contributed by atoms with E-state index in [9.17, 15) is 18.0 Å². The zero-order valence-corrected chi connectivity index (χ0v) is 18.3. The first kappa shape index (κ1) is 21.4. The van der Waals surface area contributed by atoms with Crippen molar-refractivity contribution in [2.24, 2.45) is 0 Å². The Balaban J connectivity index is 1.42. The molecular formula is C23H27N3O4S. The van der Waals surface area contributed by atoms with Crippen molar-refractivity contribution >= 4 is 33.0 Å². The van der Waals surface area contributed by atoms with Gasteiger partial charge in [0.25, 0.3) is 5.91 Å². The Morgan fingerprint density at radius 2 is 1.77 bits per heavy atom. The minimum absolute atomic E-state index is 0.119. The van der Waals surface area contributed by atoms with Crippen molar-refractivity contribution in [3.8, 4) is 0 Å². The van der Waals surface area contributed by atoms with Gasteiger partial charge in [-0.25, -0.2) is 8.42 Å². The Morgan fingerprint density at radius 1 is 1.06 bits per heavy atom. The summed E-state index contributed by atoms with van der Waals surface area (Å²) >= 11 is 0. The number of carbonyl (C=O) groups excluding carboxylic acids is 2. The fourth-order valence-corrected chi connectivity index (χ4v) is 5.66. The molecular weight excluding hydrogens is 414 g/mol. The van der Waals surface area contributed by atoms with E-state index in [1.54, 1.807) is 30.3 Å². The number of anilines is 2. The Bertz CT molecular complexity index is 1090. The highest BCUT2D eigenvalue weighted by Gasteiger charge is 2.31. The molecule has 1 saturated carbocycles. The first-order valence-electron chi connectivity index (χ1n) is 10.6. The molecule has 4 rings (SSSR count). The lowest BCUT2D eigenvalue weighted by Gasteiger charge is -2.27. The van der Waals surface area contributed by atoms with Crippen molar-refractivity contribution in [1.29, 1.82) is 0 Å². The van der Waals surface area contributed by atoms with Crippen LogP contribution in [0, 0.1) is 6.92 Å². The van der Waals surface area contributed by atoms with Gasteiger partial charge in [-0.1, -0.05) is 42.7 Å². The lowest BCUT2D eigenvalue weighted by molar-refractivity contribution is -0.116. The fraction of sp³-hybridized carbons (Fsp3) is 0.391. The van der Waals surface area contributed by atoms with Gasteiger partial charge in [-0.05, 0) is 43.5 Å². The van der Waals surface area contributed by atoms with Crippen LogP contribution in [0.2, 0.25) is 0 Å². The molecule has 1 aliphatic carbocycles. The maximum atomic E-state index is 12.6. The molecule has 1 atom stereocenters. The van der Waals surface area contributed by atoms with Crippen LogP contribution in [-0.4, -0.2) is 38.1 Å². The monoisotopic (exact) mass is 441 g/mol. The molecule has 2 aliphatic rings. The van der Waals surface area contributed by atoms with Crippen molar-refractivity contribution in [3.63, 3.8) is 0 Å². The molecule has 1 aliphatic heterocycles. The van der Waals surface area contributed by atoms with Gasteiger partial charge in [0.15, 0.2) is 9.84 Å². The van der Waals surface area contributed by atoms with Gasteiger partial charge in [0, 0.05) is 11.6 Å². The third-order valence-corrected chi connectivity index (χ3v) is 7.42. The second-order valence-corrected chi connectivity index (χ2v) is 10.6. The van der Waals surface area contributed by atoms with E-state index in [1.165, 1.54) is 0 Å². The van der Waals surface area contributed by atoms with E-state index in [0.29, 0.717) is 22.5 Å². The molecule has 8 heteroatoms. The molecule has 0 radical (unpaired) electrons. The maximum absolute atomic E-state index is 12.6. The molecule has 0 spiro atoms. The van der Waals surface area contributed by atoms with Crippen molar-refractivity contribution in [2.45, 2.75) is 50.4 Å². The highest BCUT2D eigenvalue weighted by Crippen LogP contribution is 2.29. The number of carbonyl (C=O) groups is 2. The average Bonchev–Trinajstić information content (AvgIpc) is 3.22. The second kappa shape index (κ2) is 8.70. The van der Waals surface area contributed by atoms with Crippen LogP contribution in [0.1, 0.15) is 47.2 Å². The smallest absolute Gasteiger partial charge is 0.251 e. The van der Waals surface area contributed by atoms with Crippen LogP contribution in [0.4, 0.5) is 11.4 Å². The molecule has 0 bridgehead atoms. The summed E-state index contributed by atoms with van der Waals surface area (Å²) < 4.78 is 25.3. The van der Waals surface area contributed by atoms with Crippen molar-refractivity contribution in [1.82, 2.24) is 5.32 Å². The molecule has 2 aromatic carbocycles. The van der Waals surface area contributed by atoms with Crippen molar-refractivity contribution in [3.05, 3.63) is 59.2 Å². The third-order valence-electron chi connectivity index (χ3n) is 5.80. The van der Waals surface area contributed by atoms with Crippen LogP contribution < -0.4 is 16.0 Å². The Hall–Kier alpha value is -2.87. The van der Waals surface area contributed by atoms with E-state index >= 15 is 0 Å². The number of hydrogen-bond acceptors (Lipinski definition) is 5. The summed E-state index contributed by atoms with van der Waals surface area (Å²) in [5.74, 6) is -1.01. The number of rotatable bonds is 6. The summed E-state index contributed by atoms with van der Waals surface area (Å²) in [5.41, 5.74) is 3.31. The quantitative estimate of drug-likeness (QED) is 0.639. The van der Waals surface area contributed by atoms with Gasteiger partial charge < -0.3 is 16.0 Å². The molecule has 31 heavy (non-hydrogen) atoms. The van der Waals surface area contributed by atoms with E-state index in [4.69, 9.17) is 0 Å². The first-order chi connectivity index (χ1) is 14.8. The molecule has 2 amide bonds. The summed E-state index contributed by atoms with van der Waals surface area (Å²) in [6.45, 7) is 1.94. The average molecular weight is 442 g/mol. The molecule has 1 fully saturated rings. The summed E-state index contributed by atoms with van der Waals surface area (Å²) in [4.78, 5) is 25.0. The number of benzene rings is 2. The van der Waals surface area contributed by atoms with Crippen LogP contribution in [0.5, 0.6) is 0 Å². The molecule has 7 nitrogen and oxygen atoms in total. The van der Waals surface area contributed by atoms with Gasteiger partial charge in [0.1, 0.15) is 6.04 Å². The predicted molar refractivity (Wildman–Crippen MR) is 121 cm³/mol. The summed E-state index contributed by atoms with van der Waals surface area (Å²) in [6.07, 6.45) is 4.24. The number of aryl methyl sites for hydroxylation is 1. The zero-order valence-electron chi connectivity index (χ0n) is 17.5. The van der Waals surface area contributed by atoms with Gasteiger partial charge in [-0.3, -0.25) is 9.59 Å². The van der Waals surface area contributed by atoms with Crippen LogP contribution in [0.3, 0.4) is 0 Å². The fourth-order valence-electron chi connectivity index (χ4n) is 4.10. The van der Waals surface area contributed by atoms with Gasteiger partial charge in [-0.15, -0.1) is 0 Å². The molecule has 3 N–H and O–H groups in total. The SMILES string of the molecule is Cc1ccc(CS(=O)(=O)CC2Nc3ccc(C(=O)NC4CCCC4)cc3NC2=O)cc1. The van der Waals surface area contributed by atoms with Gasteiger partial charge in [-0.2, -0.15) is 0 Å². The van der Waals surface area contributed by atoms with E-state index in [1.807, 2.05) is 19.1 Å². The minimum Gasteiger partial charge on any atom is -0.371 e. The molecule has 0 aromatic heterocycles. The Labute approximate surface area is 182 Å². The molecule has 1 unspecified atom stereocenters. The van der Waals surface area contributed by atoms with Crippen LogP contribution >= 0.6 is 0 Å². The summed E-state index contributed by atoms with van der Waals surface area (Å²) in [6, 6.07) is 11.6. The topological polar surface area (TPSA) is 104 Å². The van der Waals surface area contributed by atoms with Crippen LogP contribution in [0.25, 0.3) is 0 Å². The maximum Gasteiger partial charge on any atom is 0.251 e. The number of amides is 2. The van der Waals surface area contributed by atoms with E-state index in [2.05, 4.69) is 16.0 Å². The number of hydrogen-bond donors (Lipinski definition) is 3. The number of fused-ring (bicyclic) bond motifs is 1. The van der Waals surface area contributed by atoms with Crippen molar-refractivity contribution < 1.29 is 18.0 Å².